The van der Waals surface area contributed by atoms with Gasteiger partial charge in [-0.2, -0.15) is 0 Å². The minimum absolute atomic E-state index is 0.176. The van der Waals surface area contributed by atoms with Crippen molar-refractivity contribution in [1.82, 2.24) is 0 Å². The molecule has 0 spiro atoms. The molecule has 0 saturated carbocycles. The Morgan fingerprint density at radius 2 is 1.81 bits per heavy atom. The first-order valence-electron chi connectivity index (χ1n) is 6.33. The third kappa shape index (κ3) is 3.47. The van der Waals surface area contributed by atoms with E-state index in [0.29, 0.717) is 29.6 Å². The van der Waals surface area contributed by atoms with E-state index >= 15 is 0 Å². The molecule has 0 fully saturated rings. The van der Waals surface area contributed by atoms with Gasteiger partial charge < -0.3 is 24.3 Å². The van der Waals surface area contributed by atoms with E-state index in [1.54, 1.807) is 27.2 Å². The molecular formula is C15H17NO5. The lowest BCUT2D eigenvalue weighted by atomic mass is 10.2. The Labute approximate surface area is 122 Å². The minimum Gasteiger partial charge on any atom is -0.497 e. The number of aryl methyl sites for hydroxylation is 1. The van der Waals surface area contributed by atoms with Crippen LogP contribution in [0.4, 0.5) is 5.69 Å². The molecule has 0 radical (unpaired) electrons. The lowest BCUT2D eigenvalue weighted by molar-refractivity contribution is 0.0695. The van der Waals surface area contributed by atoms with Crippen LogP contribution in [-0.4, -0.2) is 25.3 Å². The second-order valence-electron chi connectivity index (χ2n) is 4.44. The van der Waals surface area contributed by atoms with E-state index in [4.69, 9.17) is 19.0 Å². The zero-order chi connectivity index (χ0) is 15.4. The van der Waals surface area contributed by atoms with E-state index in [9.17, 15) is 4.79 Å². The Morgan fingerprint density at radius 3 is 2.29 bits per heavy atom. The predicted octanol–water partition coefficient (Wildman–Crippen LogP) is 2.92. The number of rotatable bonds is 6. The number of hydrogen-bond donors (Lipinski definition) is 2. The summed E-state index contributed by atoms with van der Waals surface area (Å²) in [5.41, 5.74) is 0.965. The number of nitrogens with one attached hydrogen (secondary N) is 1. The zero-order valence-electron chi connectivity index (χ0n) is 12.1. The van der Waals surface area contributed by atoms with Crippen molar-refractivity contribution >= 4 is 11.7 Å². The lowest BCUT2D eigenvalue weighted by Gasteiger charge is -2.09. The van der Waals surface area contributed by atoms with Gasteiger partial charge in [0.05, 0.1) is 20.8 Å². The van der Waals surface area contributed by atoms with Gasteiger partial charge in [0.2, 0.25) is 0 Å². The smallest absolute Gasteiger partial charge is 0.339 e. The van der Waals surface area contributed by atoms with Crippen molar-refractivity contribution < 1.29 is 23.8 Å². The maximum Gasteiger partial charge on any atom is 0.339 e. The summed E-state index contributed by atoms with van der Waals surface area (Å²) in [6, 6.07) is 6.92. The van der Waals surface area contributed by atoms with Crippen molar-refractivity contribution in [3.05, 3.63) is 41.3 Å². The Kier molecular flexibility index (Phi) is 4.37. The summed E-state index contributed by atoms with van der Waals surface area (Å²) in [5.74, 6) is 1.28. The van der Waals surface area contributed by atoms with Crippen LogP contribution in [-0.2, 0) is 6.54 Å². The van der Waals surface area contributed by atoms with E-state index in [1.807, 2.05) is 12.1 Å². The van der Waals surface area contributed by atoms with Crippen molar-refractivity contribution in [2.24, 2.45) is 0 Å². The number of carboxylic acids is 1. The number of carboxylic acid groups (broad SMARTS) is 1. The Morgan fingerprint density at radius 1 is 1.19 bits per heavy atom. The molecule has 0 aliphatic carbocycles. The summed E-state index contributed by atoms with van der Waals surface area (Å²) < 4.78 is 15.8. The molecule has 6 heteroatoms. The summed E-state index contributed by atoms with van der Waals surface area (Å²) in [6.45, 7) is 1.99. The van der Waals surface area contributed by atoms with Gasteiger partial charge in [0.15, 0.2) is 0 Å². The monoisotopic (exact) mass is 291 g/mol. The van der Waals surface area contributed by atoms with Crippen LogP contribution in [0.25, 0.3) is 0 Å². The van der Waals surface area contributed by atoms with Crippen LogP contribution in [0.2, 0.25) is 0 Å². The van der Waals surface area contributed by atoms with Gasteiger partial charge in [0.25, 0.3) is 0 Å². The molecule has 1 heterocycles. The van der Waals surface area contributed by atoms with E-state index in [1.165, 1.54) is 6.07 Å². The number of carbonyl (C=O) groups is 1. The van der Waals surface area contributed by atoms with Crippen LogP contribution in [0.5, 0.6) is 11.5 Å². The molecule has 0 amide bonds. The summed E-state index contributed by atoms with van der Waals surface area (Å²) in [4.78, 5) is 11.0. The van der Waals surface area contributed by atoms with Crippen LogP contribution in [0.3, 0.4) is 0 Å². The maximum atomic E-state index is 11.0. The highest BCUT2D eigenvalue weighted by molar-refractivity contribution is 5.88. The van der Waals surface area contributed by atoms with Gasteiger partial charge >= 0.3 is 5.97 Å². The summed E-state index contributed by atoms with van der Waals surface area (Å²) in [6.07, 6.45) is 0. The summed E-state index contributed by atoms with van der Waals surface area (Å²) >= 11 is 0. The fraction of sp³-hybridized carbons (Fsp3) is 0.267. The highest BCUT2D eigenvalue weighted by atomic mass is 16.5. The summed E-state index contributed by atoms with van der Waals surface area (Å²) in [5, 5.41) is 12.1. The average molecular weight is 291 g/mol. The van der Waals surface area contributed by atoms with Crippen molar-refractivity contribution in [3.8, 4) is 11.5 Å². The molecule has 2 rings (SSSR count). The zero-order valence-corrected chi connectivity index (χ0v) is 12.1. The fourth-order valence-corrected chi connectivity index (χ4v) is 1.94. The minimum atomic E-state index is -0.995. The summed E-state index contributed by atoms with van der Waals surface area (Å²) in [7, 11) is 3.15. The molecule has 6 nitrogen and oxygen atoms in total. The molecular weight excluding hydrogens is 274 g/mol. The highest BCUT2D eigenvalue weighted by Gasteiger charge is 2.13. The van der Waals surface area contributed by atoms with Crippen LogP contribution in [0.1, 0.15) is 21.9 Å². The van der Waals surface area contributed by atoms with Crippen LogP contribution in [0, 0.1) is 6.92 Å². The molecule has 2 N–H and O–H groups in total. The number of benzene rings is 1. The molecule has 0 unspecified atom stereocenters. The molecule has 112 valence electrons. The first-order chi connectivity index (χ1) is 10.0. The van der Waals surface area contributed by atoms with Gasteiger partial charge in [-0.3, -0.25) is 0 Å². The highest BCUT2D eigenvalue weighted by Crippen LogP contribution is 2.26. The van der Waals surface area contributed by atoms with Crippen LogP contribution in [0.15, 0.2) is 28.7 Å². The maximum absolute atomic E-state index is 11.0. The molecule has 0 bridgehead atoms. The third-order valence-corrected chi connectivity index (χ3v) is 3.02. The fourth-order valence-electron chi connectivity index (χ4n) is 1.94. The Hall–Kier alpha value is -2.63. The van der Waals surface area contributed by atoms with Crippen molar-refractivity contribution in [3.63, 3.8) is 0 Å². The molecule has 0 atom stereocenters. The van der Waals surface area contributed by atoms with Gasteiger partial charge in [-0.25, -0.2) is 4.79 Å². The van der Waals surface area contributed by atoms with E-state index in [0.717, 1.165) is 5.69 Å². The van der Waals surface area contributed by atoms with Crippen molar-refractivity contribution in [2.75, 3.05) is 19.5 Å². The van der Waals surface area contributed by atoms with E-state index in [-0.39, 0.29) is 5.56 Å². The molecule has 1 aromatic heterocycles. The van der Waals surface area contributed by atoms with Gasteiger partial charge in [-0.15, -0.1) is 0 Å². The second kappa shape index (κ2) is 6.21. The number of methoxy groups -OCH3 is 2. The molecule has 0 aliphatic heterocycles. The van der Waals surface area contributed by atoms with Crippen LogP contribution < -0.4 is 14.8 Å². The lowest BCUT2D eigenvalue weighted by Crippen LogP contribution is -1.99. The third-order valence-electron chi connectivity index (χ3n) is 3.02. The van der Waals surface area contributed by atoms with Gasteiger partial charge in [-0.1, -0.05) is 0 Å². The SMILES string of the molecule is COc1cc(NCc2cc(C(=O)O)c(C)o2)cc(OC)c1. The van der Waals surface area contributed by atoms with Gasteiger partial charge in [-0.05, 0) is 13.0 Å². The average Bonchev–Trinajstić information content (AvgIpc) is 2.86. The number of aromatic carboxylic acids is 1. The second-order valence-corrected chi connectivity index (χ2v) is 4.44. The number of ether oxygens (including phenoxy) is 2. The van der Waals surface area contributed by atoms with Gasteiger partial charge in [0, 0.05) is 23.9 Å². The van der Waals surface area contributed by atoms with E-state index < -0.39 is 5.97 Å². The quantitative estimate of drug-likeness (QED) is 0.851. The normalized spacial score (nSPS) is 10.2. The number of furan rings is 1. The number of hydrogen-bond acceptors (Lipinski definition) is 5. The molecule has 0 aliphatic rings. The molecule has 2 aromatic rings. The molecule has 0 saturated heterocycles. The first kappa shape index (κ1) is 14.8. The first-order valence-corrected chi connectivity index (χ1v) is 6.33. The number of anilines is 1. The van der Waals surface area contributed by atoms with Gasteiger partial charge in [0.1, 0.15) is 28.6 Å². The molecule has 21 heavy (non-hydrogen) atoms. The topological polar surface area (TPSA) is 80.9 Å². The largest absolute Gasteiger partial charge is 0.497 e. The van der Waals surface area contributed by atoms with Crippen molar-refractivity contribution in [1.29, 1.82) is 0 Å². The van der Waals surface area contributed by atoms with Crippen LogP contribution >= 0.6 is 0 Å². The van der Waals surface area contributed by atoms with Crippen molar-refractivity contribution in [2.45, 2.75) is 13.5 Å². The predicted molar refractivity (Wildman–Crippen MR) is 77.3 cm³/mol. The Bertz CT molecular complexity index is 625. The Balaban J connectivity index is 2.12. The standard InChI is InChI=1S/C15H17NO5/c1-9-14(15(17)18)7-13(21-9)8-16-10-4-11(19-2)6-12(5-10)20-3/h4-7,16H,8H2,1-3H3,(H,17,18). The van der Waals surface area contributed by atoms with E-state index in [2.05, 4.69) is 5.32 Å². The molecule has 1 aromatic carbocycles.